The van der Waals surface area contributed by atoms with Crippen molar-refractivity contribution in [3.05, 3.63) is 68.3 Å². The van der Waals surface area contributed by atoms with E-state index >= 15 is 0 Å². The van der Waals surface area contributed by atoms with E-state index in [1.165, 1.54) is 50.1 Å². The topological polar surface area (TPSA) is 27.7 Å². The summed E-state index contributed by atoms with van der Waals surface area (Å²) in [5, 5.41) is 0. The number of rotatable bonds is 12. The molecule has 0 saturated heterocycles. The average Bonchev–Trinajstić information content (AvgIpc) is 2.99. The molecular weight excluding hydrogens is 552 g/mol. The van der Waals surface area contributed by atoms with Crippen molar-refractivity contribution >= 4 is 0 Å². The summed E-state index contributed by atoms with van der Waals surface area (Å²) in [6.45, 7) is 29.6. The molecule has 0 radical (unpaired) electrons. The SMILES string of the molecule is CC1=CC[C@](OCc2c(C)c(CO[C@]3(C(C)C)CC=C(C)CC3)c(C)c(CO[C@]3(C(C)C)CC=C(C)CC3)c2C)(C(C)C)CC1. The summed E-state index contributed by atoms with van der Waals surface area (Å²) in [5.74, 6) is 1.38. The van der Waals surface area contributed by atoms with Gasteiger partial charge in [-0.15, -0.1) is 0 Å². The zero-order chi connectivity index (χ0) is 33.2. The highest BCUT2D eigenvalue weighted by Gasteiger charge is 2.39. The first-order valence-electron chi connectivity index (χ1n) is 18.1. The minimum Gasteiger partial charge on any atom is -0.370 e. The van der Waals surface area contributed by atoms with Crippen LogP contribution in [0.3, 0.4) is 0 Å². The van der Waals surface area contributed by atoms with Crippen molar-refractivity contribution in [2.45, 2.75) is 177 Å². The lowest BCUT2D eigenvalue weighted by molar-refractivity contribution is -0.0986. The molecule has 3 nitrogen and oxygen atoms in total. The smallest absolute Gasteiger partial charge is 0.0747 e. The molecular formula is C42H66O3. The van der Waals surface area contributed by atoms with Gasteiger partial charge in [0.2, 0.25) is 0 Å². The molecule has 0 spiro atoms. The Morgan fingerprint density at radius 1 is 0.467 bits per heavy atom. The second-order valence-electron chi connectivity index (χ2n) is 16.1. The van der Waals surface area contributed by atoms with Crippen LogP contribution >= 0.6 is 0 Å². The van der Waals surface area contributed by atoms with E-state index in [1.807, 2.05) is 0 Å². The van der Waals surface area contributed by atoms with Crippen LogP contribution in [0.4, 0.5) is 0 Å². The van der Waals surface area contributed by atoms with E-state index in [4.69, 9.17) is 14.2 Å². The Hall–Kier alpha value is -1.68. The Labute approximate surface area is 277 Å². The summed E-state index contributed by atoms with van der Waals surface area (Å²) in [4.78, 5) is 0. The number of hydrogen-bond acceptors (Lipinski definition) is 3. The van der Waals surface area contributed by atoms with Crippen molar-refractivity contribution in [3.63, 3.8) is 0 Å². The van der Waals surface area contributed by atoms with Crippen molar-refractivity contribution in [3.8, 4) is 0 Å². The van der Waals surface area contributed by atoms with Gasteiger partial charge in [0, 0.05) is 0 Å². The monoisotopic (exact) mass is 619 g/mol. The van der Waals surface area contributed by atoms with Crippen LogP contribution in [0.2, 0.25) is 0 Å². The van der Waals surface area contributed by atoms with Crippen LogP contribution in [0.1, 0.15) is 153 Å². The van der Waals surface area contributed by atoms with Crippen LogP contribution in [0.5, 0.6) is 0 Å². The fraction of sp³-hybridized carbons (Fsp3) is 0.714. The number of benzene rings is 1. The second kappa shape index (κ2) is 14.6. The van der Waals surface area contributed by atoms with E-state index in [2.05, 4.69) is 101 Å². The maximum atomic E-state index is 7.06. The summed E-state index contributed by atoms with van der Waals surface area (Å²) >= 11 is 0. The first-order chi connectivity index (χ1) is 21.2. The predicted molar refractivity (Wildman–Crippen MR) is 191 cm³/mol. The van der Waals surface area contributed by atoms with Gasteiger partial charge in [-0.05, 0) is 150 Å². The minimum absolute atomic E-state index is 0.113. The van der Waals surface area contributed by atoms with E-state index in [1.54, 1.807) is 0 Å². The molecule has 3 aliphatic rings. The van der Waals surface area contributed by atoms with Crippen LogP contribution in [-0.4, -0.2) is 16.8 Å². The molecule has 4 rings (SSSR count). The standard InChI is InChI=1S/C42H66O3/c1-28(2)40(19-13-31(7)14-20-40)43-25-37-34(10)38(26-44-41(29(3)4)21-15-32(8)16-22-41)36(12)39(35(37)11)27-45-42(30(5)6)23-17-33(9)18-24-42/h13,15,17,28-30H,14,16,18-27H2,1-12H3/t40-,41-,42-/m1/s1. The first-order valence-corrected chi connectivity index (χ1v) is 18.1. The van der Waals surface area contributed by atoms with Gasteiger partial charge in [0.15, 0.2) is 0 Å². The molecule has 0 saturated carbocycles. The van der Waals surface area contributed by atoms with E-state index in [9.17, 15) is 0 Å². The summed E-state index contributed by atoms with van der Waals surface area (Å²) in [6, 6.07) is 0. The molecule has 0 N–H and O–H groups in total. The van der Waals surface area contributed by atoms with Crippen LogP contribution in [0, 0.1) is 38.5 Å². The fourth-order valence-electron chi connectivity index (χ4n) is 8.03. The van der Waals surface area contributed by atoms with Crippen LogP contribution in [0.15, 0.2) is 34.9 Å². The summed E-state index contributed by atoms with van der Waals surface area (Å²) in [5.41, 5.74) is 12.2. The Morgan fingerprint density at radius 2 is 0.711 bits per heavy atom. The molecule has 3 atom stereocenters. The molecule has 252 valence electrons. The lowest BCUT2D eigenvalue weighted by Gasteiger charge is -2.41. The molecule has 0 heterocycles. The Balaban J connectivity index is 1.71. The third kappa shape index (κ3) is 7.73. The zero-order valence-corrected chi connectivity index (χ0v) is 31.2. The molecule has 45 heavy (non-hydrogen) atoms. The maximum absolute atomic E-state index is 7.06. The maximum Gasteiger partial charge on any atom is 0.0747 e. The van der Waals surface area contributed by atoms with Crippen molar-refractivity contribution in [1.82, 2.24) is 0 Å². The molecule has 0 aliphatic heterocycles. The van der Waals surface area contributed by atoms with E-state index in [0.717, 1.165) is 57.8 Å². The third-order valence-corrected chi connectivity index (χ3v) is 12.6. The minimum atomic E-state index is -0.113. The van der Waals surface area contributed by atoms with Gasteiger partial charge in [-0.1, -0.05) is 76.5 Å². The van der Waals surface area contributed by atoms with Crippen LogP contribution in [0.25, 0.3) is 0 Å². The zero-order valence-electron chi connectivity index (χ0n) is 31.2. The normalized spacial score (nSPS) is 27.7. The van der Waals surface area contributed by atoms with E-state index < -0.39 is 0 Å². The van der Waals surface area contributed by atoms with Gasteiger partial charge < -0.3 is 14.2 Å². The molecule has 0 bridgehead atoms. The summed E-state index contributed by atoms with van der Waals surface area (Å²) in [7, 11) is 0. The molecule has 3 aliphatic carbocycles. The highest BCUT2D eigenvalue weighted by molar-refractivity contribution is 5.50. The lowest BCUT2D eigenvalue weighted by atomic mass is 9.77. The summed E-state index contributed by atoms with van der Waals surface area (Å²) < 4.78 is 21.2. The summed E-state index contributed by atoms with van der Waals surface area (Å²) in [6.07, 6.45) is 16.9. The Kier molecular flexibility index (Phi) is 11.7. The van der Waals surface area contributed by atoms with Crippen molar-refractivity contribution in [1.29, 1.82) is 0 Å². The Morgan fingerprint density at radius 3 is 0.889 bits per heavy atom. The number of allylic oxidation sites excluding steroid dienone is 3. The predicted octanol–water partition coefficient (Wildman–Crippen LogP) is 11.7. The molecule has 0 fully saturated rings. The average molecular weight is 619 g/mol. The molecule has 3 heteroatoms. The molecule has 0 unspecified atom stereocenters. The van der Waals surface area contributed by atoms with Gasteiger partial charge in [-0.3, -0.25) is 0 Å². The highest BCUT2D eigenvalue weighted by Crippen LogP contribution is 2.42. The van der Waals surface area contributed by atoms with Gasteiger partial charge in [0.1, 0.15) is 0 Å². The highest BCUT2D eigenvalue weighted by atomic mass is 16.5. The third-order valence-electron chi connectivity index (χ3n) is 12.6. The van der Waals surface area contributed by atoms with Crippen molar-refractivity contribution < 1.29 is 14.2 Å². The quantitative estimate of drug-likeness (QED) is 0.218. The fourth-order valence-corrected chi connectivity index (χ4v) is 8.03. The van der Waals surface area contributed by atoms with Crippen molar-refractivity contribution in [2.75, 3.05) is 0 Å². The van der Waals surface area contributed by atoms with Crippen LogP contribution < -0.4 is 0 Å². The van der Waals surface area contributed by atoms with Crippen molar-refractivity contribution in [2.24, 2.45) is 17.8 Å². The largest absolute Gasteiger partial charge is 0.370 e. The van der Waals surface area contributed by atoms with E-state index in [0.29, 0.717) is 37.6 Å². The Bertz CT molecular complexity index is 1120. The van der Waals surface area contributed by atoms with Gasteiger partial charge in [0.25, 0.3) is 0 Å². The van der Waals surface area contributed by atoms with Gasteiger partial charge in [0.05, 0.1) is 36.6 Å². The molecule has 0 aromatic heterocycles. The molecule has 0 amide bonds. The second-order valence-corrected chi connectivity index (χ2v) is 16.1. The van der Waals surface area contributed by atoms with Gasteiger partial charge >= 0.3 is 0 Å². The molecule has 1 aromatic carbocycles. The lowest BCUT2D eigenvalue weighted by Crippen LogP contribution is -2.40. The first kappa shape index (κ1) is 36.2. The number of ether oxygens (including phenoxy) is 3. The van der Waals surface area contributed by atoms with Crippen LogP contribution in [-0.2, 0) is 34.0 Å². The molecule has 1 aromatic rings. The number of hydrogen-bond donors (Lipinski definition) is 0. The van der Waals surface area contributed by atoms with Gasteiger partial charge in [-0.2, -0.15) is 0 Å². The van der Waals surface area contributed by atoms with E-state index in [-0.39, 0.29) is 16.8 Å². The van der Waals surface area contributed by atoms with Gasteiger partial charge in [-0.25, -0.2) is 0 Å².